The lowest BCUT2D eigenvalue weighted by Gasteiger charge is -2.46. The Kier molecular flexibility index (Phi) is 4.68. The molecule has 1 fully saturated rings. The number of amides is 3. The Morgan fingerprint density at radius 3 is 2.52 bits per heavy atom. The number of fused-ring (bicyclic) bond motifs is 1. The van der Waals surface area contributed by atoms with Gasteiger partial charge >= 0.3 is 12.1 Å². The monoisotopic (exact) mass is 398 g/mol. The molecule has 3 heterocycles. The summed E-state index contributed by atoms with van der Waals surface area (Å²) >= 11 is 0. The SMILES string of the molecule is CNC(=O)N1c2ncc(-c3cnn(C4CC4)c3)cc2N(C(=O)O)C(C(C)C)[C@@H]1C. The van der Waals surface area contributed by atoms with E-state index in [0.29, 0.717) is 17.5 Å². The fourth-order valence-electron chi connectivity index (χ4n) is 4.20. The van der Waals surface area contributed by atoms with Crippen molar-refractivity contribution in [1.29, 1.82) is 0 Å². The van der Waals surface area contributed by atoms with Crippen LogP contribution in [0.1, 0.15) is 39.7 Å². The second-order valence-corrected chi connectivity index (χ2v) is 8.06. The van der Waals surface area contributed by atoms with Crippen LogP contribution in [0.4, 0.5) is 21.1 Å². The lowest BCUT2D eigenvalue weighted by molar-refractivity contribution is 0.192. The van der Waals surface area contributed by atoms with E-state index in [1.54, 1.807) is 30.4 Å². The summed E-state index contributed by atoms with van der Waals surface area (Å²) in [4.78, 5) is 32.3. The van der Waals surface area contributed by atoms with Crippen molar-refractivity contribution >= 4 is 23.6 Å². The van der Waals surface area contributed by atoms with Gasteiger partial charge in [-0.05, 0) is 31.7 Å². The number of hydrogen-bond acceptors (Lipinski definition) is 4. The predicted octanol–water partition coefficient (Wildman–Crippen LogP) is 3.34. The normalized spacial score (nSPS) is 21.3. The van der Waals surface area contributed by atoms with E-state index in [1.165, 1.54) is 4.90 Å². The van der Waals surface area contributed by atoms with Gasteiger partial charge < -0.3 is 10.4 Å². The van der Waals surface area contributed by atoms with Crippen molar-refractivity contribution < 1.29 is 14.7 Å². The van der Waals surface area contributed by atoms with Gasteiger partial charge in [0, 0.05) is 30.6 Å². The van der Waals surface area contributed by atoms with Crippen molar-refractivity contribution in [3.63, 3.8) is 0 Å². The average molecular weight is 398 g/mol. The molecule has 2 aromatic rings. The van der Waals surface area contributed by atoms with Crippen molar-refractivity contribution in [3.8, 4) is 11.1 Å². The first-order chi connectivity index (χ1) is 13.8. The van der Waals surface area contributed by atoms with Crippen LogP contribution >= 0.6 is 0 Å². The molecule has 2 atom stereocenters. The van der Waals surface area contributed by atoms with Crippen LogP contribution in [-0.2, 0) is 0 Å². The van der Waals surface area contributed by atoms with Crippen molar-refractivity contribution in [2.24, 2.45) is 5.92 Å². The Morgan fingerprint density at radius 2 is 1.93 bits per heavy atom. The van der Waals surface area contributed by atoms with E-state index in [2.05, 4.69) is 15.4 Å². The van der Waals surface area contributed by atoms with Crippen LogP contribution in [0.3, 0.4) is 0 Å². The molecule has 154 valence electrons. The molecule has 29 heavy (non-hydrogen) atoms. The number of carbonyl (C=O) groups is 2. The minimum absolute atomic E-state index is 0.00248. The first-order valence-corrected chi connectivity index (χ1v) is 9.91. The fraction of sp³-hybridized carbons (Fsp3) is 0.500. The van der Waals surface area contributed by atoms with E-state index >= 15 is 0 Å². The molecule has 0 spiro atoms. The van der Waals surface area contributed by atoms with Gasteiger partial charge in [-0.15, -0.1) is 0 Å². The Labute approximate surface area is 169 Å². The molecule has 2 N–H and O–H groups in total. The summed E-state index contributed by atoms with van der Waals surface area (Å²) in [6.07, 6.45) is 6.62. The molecule has 1 unspecified atom stereocenters. The minimum atomic E-state index is -1.05. The Hall–Kier alpha value is -3.10. The zero-order chi connectivity index (χ0) is 20.9. The largest absolute Gasteiger partial charge is 0.465 e. The van der Waals surface area contributed by atoms with Gasteiger partial charge in [-0.1, -0.05) is 13.8 Å². The van der Waals surface area contributed by atoms with Crippen molar-refractivity contribution in [2.75, 3.05) is 16.8 Å². The van der Waals surface area contributed by atoms with Crippen LogP contribution in [0.2, 0.25) is 0 Å². The number of carbonyl (C=O) groups excluding carboxylic acids is 1. The molecule has 0 aromatic carbocycles. The third kappa shape index (κ3) is 3.20. The van der Waals surface area contributed by atoms with Gasteiger partial charge in [0.15, 0.2) is 5.82 Å². The molecule has 2 aliphatic rings. The lowest BCUT2D eigenvalue weighted by atomic mass is 9.91. The van der Waals surface area contributed by atoms with Gasteiger partial charge in [0.25, 0.3) is 0 Å². The van der Waals surface area contributed by atoms with E-state index < -0.39 is 12.1 Å². The Bertz CT molecular complexity index is 951. The number of pyridine rings is 1. The van der Waals surface area contributed by atoms with Gasteiger partial charge in [-0.25, -0.2) is 14.6 Å². The molecule has 0 radical (unpaired) electrons. The fourth-order valence-corrected chi connectivity index (χ4v) is 4.20. The molecular formula is C20H26N6O3. The maximum absolute atomic E-state index is 12.6. The van der Waals surface area contributed by atoms with E-state index in [1.807, 2.05) is 31.6 Å². The standard InChI is InChI=1S/C20H26N6O3/c1-11(2)17-12(3)25(19(27)21-4)18-16(26(17)20(28)29)7-13(8-22-18)14-9-23-24(10-14)15-5-6-15/h7-12,15,17H,5-6H2,1-4H3,(H,21,27)(H,28,29)/t12-,17?/m0/s1. The van der Waals surface area contributed by atoms with Crippen molar-refractivity contribution in [3.05, 3.63) is 24.7 Å². The van der Waals surface area contributed by atoms with Crippen LogP contribution in [0.25, 0.3) is 11.1 Å². The van der Waals surface area contributed by atoms with Crippen molar-refractivity contribution in [1.82, 2.24) is 20.1 Å². The number of nitrogens with one attached hydrogen (secondary N) is 1. The van der Waals surface area contributed by atoms with Crippen LogP contribution in [0.15, 0.2) is 24.7 Å². The molecule has 1 aliphatic carbocycles. The minimum Gasteiger partial charge on any atom is -0.465 e. The van der Waals surface area contributed by atoms with Crippen LogP contribution in [0.5, 0.6) is 0 Å². The summed E-state index contributed by atoms with van der Waals surface area (Å²) in [5.41, 5.74) is 2.06. The number of aromatic nitrogens is 3. The molecule has 1 saturated carbocycles. The number of rotatable bonds is 3. The molecular weight excluding hydrogens is 372 g/mol. The van der Waals surface area contributed by atoms with Crippen molar-refractivity contribution in [2.45, 2.75) is 51.7 Å². The Balaban J connectivity index is 1.84. The topological polar surface area (TPSA) is 104 Å². The van der Waals surface area contributed by atoms with Gasteiger partial charge in [0.1, 0.15) is 0 Å². The zero-order valence-electron chi connectivity index (χ0n) is 17.0. The van der Waals surface area contributed by atoms with Crippen LogP contribution < -0.4 is 15.1 Å². The molecule has 3 amide bonds. The quantitative estimate of drug-likeness (QED) is 0.825. The summed E-state index contributed by atoms with van der Waals surface area (Å²) < 4.78 is 1.94. The summed E-state index contributed by atoms with van der Waals surface area (Å²) in [6.45, 7) is 5.77. The third-order valence-electron chi connectivity index (χ3n) is 5.71. The summed E-state index contributed by atoms with van der Waals surface area (Å²) in [5.74, 6) is 0.345. The molecule has 0 bridgehead atoms. The van der Waals surface area contributed by atoms with E-state index in [4.69, 9.17) is 0 Å². The second-order valence-electron chi connectivity index (χ2n) is 8.06. The molecule has 4 rings (SSSR count). The maximum Gasteiger partial charge on any atom is 0.412 e. The average Bonchev–Trinajstić information content (AvgIpc) is 3.42. The predicted molar refractivity (Wildman–Crippen MR) is 109 cm³/mol. The van der Waals surface area contributed by atoms with Gasteiger partial charge in [0.2, 0.25) is 0 Å². The smallest absolute Gasteiger partial charge is 0.412 e. The highest BCUT2D eigenvalue weighted by molar-refractivity contribution is 6.02. The molecule has 9 nitrogen and oxygen atoms in total. The number of hydrogen-bond donors (Lipinski definition) is 2. The van der Waals surface area contributed by atoms with E-state index in [0.717, 1.165) is 24.0 Å². The summed E-state index contributed by atoms with van der Waals surface area (Å²) in [7, 11) is 1.56. The van der Waals surface area contributed by atoms with Crippen LogP contribution in [0, 0.1) is 5.92 Å². The highest BCUT2D eigenvalue weighted by Crippen LogP contribution is 2.41. The zero-order valence-corrected chi connectivity index (χ0v) is 17.0. The number of anilines is 2. The maximum atomic E-state index is 12.6. The van der Waals surface area contributed by atoms with Crippen LogP contribution in [-0.4, -0.2) is 51.1 Å². The number of urea groups is 1. The summed E-state index contributed by atoms with van der Waals surface area (Å²) in [5, 5.41) is 17.1. The number of nitrogens with zero attached hydrogens (tertiary/aromatic N) is 5. The summed E-state index contributed by atoms with van der Waals surface area (Å²) in [6, 6.07) is 1.18. The highest BCUT2D eigenvalue weighted by atomic mass is 16.4. The van der Waals surface area contributed by atoms with Gasteiger partial charge in [-0.2, -0.15) is 5.10 Å². The van der Waals surface area contributed by atoms with E-state index in [-0.39, 0.29) is 18.0 Å². The first-order valence-electron chi connectivity index (χ1n) is 9.91. The lowest BCUT2D eigenvalue weighted by Crippen LogP contribution is -2.61. The second kappa shape index (κ2) is 7.06. The molecule has 0 saturated heterocycles. The third-order valence-corrected chi connectivity index (χ3v) is 5.71. The first kappa shape index (κ1) is 19.2. The van der Waals surface area contributed by atoms with E-state index in [9.17, 15) is 14.7 Å². The van der Waals surface area contributed by atoms with Gasteiger partial charge in [0.05, 0.1) is 30.0 Å². The van der Waals surface area contributed by atoms with Gasteiger partial charge in [-0.3, -0.25) is 14.5 Å². The molecule has 9 heteroatoms. The molecule has 1 aliphatic heterocycles. The number of carboxylic acid groups (broad SMARTS) is 1. The molecule has 2 aromatic heterocycles. The Morgan fingerprint density at radius 1 is 1.21 bits per heavy atom. The highest BCUT2D eigenvalue weighted by Gasteiger charge is 2.44.